The number of para-hydroxylation sites is 1. The Hall–Kier alpha value is -1.64. The number of benzene rings is 1. The predicted octanol–water partition coefficient (Wildman–Crippen LogP) is 2.09. The van der Waals surface area contributed by atoms with Crippen LogP contribution in [0.1, 0.15) is 5.56 Å². The summed E-state index contributed by atoms with van der Waals surface area (Å²) in [5, 5.41) is 0. The lowest BCUT2D eigenvalue weighted by Crippen LogP contribution is -1.94. The first kappa shape index (κ1) is 10.4. The molecule has 0 saturated heterocycles. The Balaban J connectivity index is 3.09. The molecule has 0 amide bonds. The normalized spacial score (nSPS) is 10.9. The molecule has 3 heteroatoms. The van der Waals surface area contributed by atoms with E-state index < -0.39 is 0 Å². The van der Waals surface area contributed by atoms with Crippen LogP contribution in [0.25, 0.3) is 5.76 Å². The van der Waals surface area contributed by atoms with Gasteiger partial charge in [0, 0.05) is 0 Å². The van der Waals surface area contributed by atoms with E-state index in [1.165, 1.54) is 7.11 Å². The first-order chi connectivity index (χ1) is 6.83. The third kappa shape index (κ3) is 2.19. The second-order valence-electron chi connectivity index (χ2n) is 2.54. The van der Waals surface area contributed by atoms with Crippen molar-refractivity contribution >= 4 is 5.76 Å². The fourth-order valence-corrected chi connectivity index (χ4v) is 1.13. The van der Waals surface area contributed by atoms with Crippen LogP contribution in [-0.2, 0) is 9.47 Å². The van der Waals surface area contributed by atoms with E-state index in [0.29, 0.717) is 5.76 Å². The second kappa shape index (κ2) is 5.17. The van der Waals surface area contributed by atoms with E-state index in [1.807, 2.05) is 24.3 Å². The molecule has 1 aromatic rings. The van der Waals surface area contributed by atoms with Gasteiger partial charge in [-0.05, 0) is 12.1 Å². The van der Waals surface area contributed by atoms with E-state index in [2.05, 4.69) is 6.26 Å². The van der Waals surface area contributed by atoms with Crippen LogP contribution in [0.2, 0.25) is 0 Å². The Morgan fingerprint density at radius 3 is 2.43 bits per heavy atom. The van der Waals surface area contributed by atoms with Crippen molar-refractivity contribution in [3.63, 3.8) is 0 Å². The van der Waals surface area contributed by atoms with E-state index >= 15 is 0 Å². The van der Waals surface area contributed by atoms with Crippen LogP contribution in [0.5, 0.6) is 5.75 Å². The fourth-order valence-electron chi connectivity index (χ4n) is 1.13. The lowest BCUT2D eigenvalue weighted by Gasteiger charge is -2.09. The smallest absolute Gasteiger partial charge is 0.208 e. The van der Waals surface area contributed by atoms with Crippen molar-refractivity contribution in [2.75, 3.05) is 21.3 Å². The van der Waals surface area contributed by atoms with Gasteiger partial charge in [0.25, 0.3) is 0 Å². The SMILES string of the molecule is CO[C]=C(OC)c1ccccc1OC. The standard InChI is InChI=1S/C11H13O3/c1-12-8-11(14-3)9-6-4-5-7-10(9)13-2/h4-7H,1-3H3. The lowest BCUT2D eigenvalue weighted by atomic mass is 10.2. The van der Waals surface area contributed by atoms with Crippen molar-refractivity contribution in [2.45, 2.75) is 0 Å². The van der Waals surface area contributed by atoms with Crippen LogP contribution in [0, 0.1) is 6.26 Å². The number of hydrogen-bond acceptors (Lipinski definition) is 3. The predicted molar refractivity (Wildman–Crippen MR) is 53.7 cm³/mol. The maximum Gasteiger partial charge on any atom is 0.208 e. The van der Waals surface area contributed by atoms with Crippen LogP contribution in [0.4, 0.5) is 0 Å². The van der Waals surface area contributed by atoms with Gasteiger partial charge in [-0.2, -0.15) is 0 Å². The van der Waals surface area contributed by atoms with Gasteiger partial charge in [-0.3, -0.25) is 0 Å². The molecule has 14 heavy (non-hydrogen) atoms. The van der Waals surface area contributed by atoms with Gasteiger partial charge < -0.3 is 14.2 Å². The van der Waals surface area contributed by atoms with Crippen LogP contribution >= 0.6 is 0 Å². The molecule has 0 aliphatic rings. The Morgan fingerprint density at radius 2 is 1.86 bits per heavy atom. The molecule has 1 radical (unpaired) electrons. The van der Waals surface area contributed by atoms with Gasteiger partial charge >= 0.3 is 0 Å². The zero-order valence-electron chi connectivity index (χ0n) is 8.53. The Kier molecular flexibility index (Phi) is 3.85. The highest BCUT2D eigenvalue weighted by Gasteiger charge is 2.08. The van der Waals surface area contributed by atoms with Crippen LogP contribution in [0.15, 0.2) is 24.3 Å². The molecule has 1 aromatic carbocycles. The molecule has 1 rings (SSSR count). The van der Waals surface area contributed by atoms with Gasteiger partial charge in [0.15, 0.2) is 5.76 Å². The molecular formula is C11H13O3. The van der Waals surface area contributed by atoms with E-state index in [4.69, 9.17) is 14.2 Å². The summed E-state index contributed by atoms with van der Waals surface area (Å²) in [6.07, 6.45) is 2.64. The summed E-state index contributed by atoms with van der Waals surface area (Å²) in [5.41, 5.74) is 0.819. The molecule has 0 aliphatic heterocycles. The van der Waals surface area contributed by atoms with E-state index in [-0.39, 0.29) is 0 Å². The number of methoxy groups -OCH3 is 3. The van der Waals surface area contributed by atoms with Crippen molar-refractivity contribution in [3.8, 4) is 5.75 Å². The highest BCUT2D eigenvalue weighted by atomic mass is 16.5. The zero-order chi connectivity index (χ0) is 10.4. The molecule has 0 atom stereocenters. The third-order valence-corrected chi connectivity index (χ3v) is 1.75. The molecule has 0 spiro atoms. The van der Waals surface area contributed by atoms with Gasteiger partial charge in [-0.1, -0.05) is 12.1 Å². The third-order valence-electron chi connectivity index (χ3n) is 1.75. The summed E-state index contributed by atoms with van der Waals surface area (Å²) in [4.78, 5) is 0. The molecule has 75 valence electrons. The van der Waals surface area contributed by atoms with Crippen molar-refractivity contribution in [1.82, 2.24) is 0 Å². The Morgan fingerprint density at radius 1 is 1.14 bits per heavy atom. The summed E-state index contributed by atoms with van der Waals surface area (Å²) < 4.78 is 15.1. The summed E-state index contributed by atoms with van der Waals surface area (Å²) in [7, 11) is 4.70. The molecule has 0 N–H and O–H groups in total. The van der Waals surface area contributed by atoms with Crippen LogP contribution in [-0.4, -0.2) is 21.3 Å². The first-order valence-electron chi connectivity index (χ1n) is 4.16. The largest absolute Gasteiger partial charge is 0.496 e. The van der Waals surface area contributed by atoms with Crippen molar-refractivity contribution in [3.05, 3.63) is 36.1 Å². The monoisotopic (exact) mass is 193 g/mol. The fraction of sp³-hybridized carbons (Fsp3) is 0.273. The number of hydrogen-bond donors (Lipinski definition) is 0. The van der Waals surface area contributed by atoms with E-state index in [1.54, 1.807) is 14.2 Å². The van der Waals surface area contributed by atoms with Gasteiger partial charge in [0.05, 0.1) is 26.9 Å². The van der Waals surface area contributed by atoms with Gasteiger partial charge in [-0.25, -0.2) is 0 Å². The molecule has 0 fully saturated rings. The average Bonchev–Trinajstić information content (AvgIpc) is 2.26. The van der Waals surface area contributed by atoms with Gasteiger partial charge in [0.2, 0.25) is 6.26 Å². The summed E-state index contributed by atoms with van der Waals surface area (Å²) >= 11 is 0. The first-order valence-corrected chi connectivity index (χ1v) is 4.16. The molecule has 0 unspecified atom stereocenters. The molecule has 0 aromatic heterocycles. The van der Waals surface area contributed by atoms with Crippen molar-refractivity contribution in [1.29, 1.82) is 0 Å². The highest BCUT2D eigenvalue weighted by molar-refractivity contribution is 5.63. The topological polar surface area (TPSA) is 27.7 Å². The van der Waals surface area contributed by atoms with Crippen molar-refractivity contribution < 1.29 is 14.2 Å². The van der Waals surface area contributed by atoms with Gasteiger partial charge in [0.1, 0.15) is 5.75 Å². The second-order valence-corrected chi connectivity index (χ2v) is 2.54. The van der Waals surface area contributed by atoms with E-state index in [0.717, 1.165) is 11.3 Å². The minimum Gasteiger partial charge on any atom is -0.496 e. The lowest BCUT2D eigenvalue weighted by molar-refractivity contribution is 0.282. The van der Waals surface area contributed by atoms with Gasteiger partial charge in [-0.15, -0.1) is 0 Å². The summed E-state index contributed by atoms with van der Waals surface area (Å²) in [6.45, 7) is 0. The molecule has 0 heterocycles. The quantitative estimate of drug-likeness (QED) is 0.685. The molecule has 0 bridgehead atoms. The number of ether oxygens (including phenoxy) is 3. The summed E-state index contributed by atoms with van der Waals surface area (Å²) in [5.74, 6) is 1.25. The van der Waals surface area contributed by atoms with E-state index in [9.17, 15) is 0 Å². The maximum atomic E-state index is 5.18. The van der Waals surface area contributed by atoms with Crippen LogP contribution in [0.3, 0.4) is 0 Å². The molecule has 0 saturated carbocycles. The average molecular weight is 193 g/mol. The number of rotatable bonds is 4. The van der Waals surface area contributed by atoms with Crippen molar-refractivity contribution in [2.24, 2.45) is 0 Å². The Bertz CT molecular complexity index is 318. The minimum absolute atomic E-state index is 0.518. The minimum atomic E-state index is 0.518. The highest BCUT2D eigenvalue weighted by Crippen LogP contribution is 2.25. The molecule has 3 nitrogen and oxygen atoms in total. The summed E-state index contributed by atoms with van der Waals surface area (Å²) in [6, 6.07) is 7.52. The Labute approximate surface area is 83.9 Å². The van der Waals surface area contributed by atoms with Crippen LogP contribution < -0.4 is 4.74 Å². The maximum absolute atomic E-state index is 5.18. The zero-order valence-corrected chi connectivity index (χ0v) is 8.53. The molecule has 0 aliphatic carbocycles. The molecular weight excluding hydrogens is 180 g/mol.